The van der Waals surface area contributed by atoms with E-state index in [2.05, 4.69) is 37.3 Å². The number of hydrogen-bond donors (Lipinski definition) is 1. The van der Waals surface area contributed by atoms with E-state index in [9.17, 15) is 5.11 Å². The molecule has 1 aliphatic rings. The van der Waals surface area contributed by atoms with E-state index in [0.717, 1.165) is 24.2 Å². The number of hydrogen-bond acceptors (Lipinski definition) is 2. The first-order chi connectivity index (χ1) is 10.2. The van der Waals surface area contributed by atoms with Gasteiger partial charge in [0.25, 0.3) is 0 Å². The lowest BCUT2D eigenvalue weighted by Gasteiger charge is -2.20. The Kier molecular flexibility index (Phi) is 3.98. The fourth-order valence-corrected chi connectivity index (χ4v) is 3.42. The van der Waals surface area contributed by atoms with Gasteiger partial charge in [-0.1, -0.05) is 42.0 Å². The summed E-state index contributed by atoms with van der Waals surface area (Å²) < 4.78 is 5.42. The van der Waals surface area contributed by atoms with Crippen LogP contribution in [0.2, 0.25) is 0 Å². The molecule has 0 aromatic heterocycles. The van der Waals surface area contributed by atoms with Gasteiger partial charge in [-0.3, -0.25) is 0 Å². The lowest BCUT2D eigenvalue weighted by Crippen LogP contribution is -2.19. The van der Waals surface area contributed by atoms with Crippen LogP contribution in [0.4, 0.5) is 0 Å². The second-order valence-electron chi connectivity index (χ2n) is 5.93. The third-order valence-electron chi connectivity index (χ3n) is 4.51. The first kappa shape index (κ1) is 14.2. The van der Waals surface area contributed by atoms with Crippen molar-refractivity contribution in [2.24, 2.45) is 0 Å². The third kappa shape index (κ3) is 2.81. The lowest BCUT2D eigenvalue weighted by atomic mass is 9.90. The van der Waals surface area contributed by atoms with E-state index in [1.54, 1.807) is 7.11 Å². The lowest BCUT2D eigenvalue weighted by molar-refractivity contribution is 0.142. The first-order valence-corrected chi connectivity index (χ1v) is 7.58. The molecule has 2 atom stereocenters. The normalized spacial score (nSPS) is 18.3. The largest absolute Gasteiger partial charge is 0.496 e. The Morgan fingerprint density at radius 1 is 1.24 bits per heavy atom. The number of aliphatic hydroxyl groups excluding tert-OH is 1. The van der Waals surface area contributed by atoms with Crippen LogP contribution in [0.1, 0.15) is 34.6 Å². The van der Waals surface area contributed by atoms with Crippen LogP contribution in [0.25, 0.3) is 0 Å². The van der Waals surface area contributed by atoms with Crippen molar-refractivity contribution in [2.75, 3.05) is 7.11 Å². The maximum absolute atomic E-state index is 10.7. The second-order valence-corrected chi connectivity index (χ2v) is 5.93. The minimum absolute atomic E-state index is 0.242. The van der Waals surface area contributed by atoms with Crippen LogP contribution in [0, 0.1) is 6.92 Å². The van der Waals surface area contributed by atoms with Gasteiger partial charge in [0.15, 0.2) is 0 Å². The fraction of sp³-hybridized carbons (Fsp3) is 0.368. The molecule has 0 fully saturated rings. The fourth-order valence-electron chi connectivity index (χ4n) is 3.42. The zero-order valence-electron chi connectivity index (χ0n) is 12.7. The highest BCUT2D eigenvalue weighted by Crippen LogP contribution is 2.37. The minimum Gasteiger partial charge on any atom is -0.496 e. The van der Waals surface area contributed by atoms with E-state index in [1.165, 1.54) is 16.7 Å². The van der Waals surface area contributed by atoms with Crippen LogP contribution in [-0.2, 0) is 12.8 Å². The van der Waals surface area contributed by atoms with Gasteiger partial charge in [-0.25, -0.2) is 0 Å². The van der Waals surface area contributed by atoms with Gasteiger partial charge in [-0.05, 0) is 42.5 Å². The average molecular weight is 282 g/mol. The van der Waals surface area contributed by atoms with E-state index in [1.807, 2.05) is 12.1 Å². The molecule has 0 saturated heterocycles. The monoisotopic (exact) mass is 282 g/mol. The molecule has 0 spiro atoms. The summed E-state index contributed by atoms with van der Waals surface area (Å²) >= 11 is 0. The van der Waals surface area contributed by atoms with E-state index in [0.29, 0.717) is 6.42 Å². The van der Waals surface area contributed by atoms with E-state index in [-0.39, 0.29) is 12.0 Å². The summed E-state index contributed by atoms with van der Waals surface area (Å²) in [4.78, 5) is 0. The highest BCUT2D eigenvalue weighted by molar-refractivity contribution is 5.39. The Morgan fingerprint density at radius 2 is 2.05 bits per heavy atom. The SMILES string of the molecule is COc1ccc(C)cc1CC(O)C1CCc2ccccc21. The van der Waals surface area contributed by atoms with E-state index < -0.39 is 0 Å². The van der Waals surface area contributed by atoms with Crippen molar-refractivity contribution in [3.05, 3.63) is 64.7 Å². The molecule has 0 saturated carbocycles. The van der Waals surface area contributed by atoms with Crippen LogP contribution < -0.4 is 4.74 Å². The molecular weight excluding hydrogens is 260 g/mol. The minimum atomic E-state index is -0.357. The van der Waals surface area contributed by atoms with Gasteiger partial charge >= 0.3 is 0 Å². The molecular formula is C19H22O2. The maximum Gasteiger partial charge on any atom is 0.122 e. The summed E-state index contributed by atoms with van der Waals surface area (Å²) in [6.45, 7) is 2.07. The Balaban J connectivity index is 1.82. The molecule has 2 heteroatoms. The Labute approximate surface area is 126 Å². The van der Waals surface area contributed by atoms with Crippen molar-refractivity contribution in [1.29, 1.82) is 0 Å². The summed E-state index contributed by atoms with van der Waals surface area (Å²) in [5, 5.41) is 10.7. The Bertz CT molecular complexity index is 633. The van der Waals surface area contributed by atoms with Crippen molar-refractivity contribution >= 4 is 0 Å². The molecule has 2 aromatic carbocycles. The molecule has 0 heterocycles. The summed E-state index contributed by atoms with van der Waals surface area (Å²) in [6, 6.07) is 14.6. The number of benzene rings is 2. The summed E-state index contributed by atoms with van der Waals surface area (Å²) in [5.41, 5.74) is 4.99. The topological polar surface area (TPSA) is 29.5 Å². The van der Waals surface area contributed by atoms with Crippen LogP contribution in [0.5, 0.6) is 5.75 Å². The number of fused-ring (bicyclic) bond motifs is 1. The number of ether oxygens (including phenoxy) is 1. The van der Waals surface area contributed by atoms with Crippen molar-refractivity contribution in [1.82, 2.24) is 0 Å². The van der Waals surface area contributed by atoms with Gasteiger partial charge in [0.05, 0.1) is 13.2 Å². The summed E-state index contributed by atoms with van der Waals surface area (Å²) in [5.74, 6) is 1.11. The number of aryl methyl sites for hydroxylation is 2. The smallest absolute Gasteiger partial charge is 0.122 e. The average Bonchev–Trinajstić information content (AvgIpc) is 2.91. The molecule has 0 amide bonds. The molecule has 2 aromatic rings. The molecule has 0 radical (unpaired) electrons. The van der Waals surface area contributed by atoms with Crippen molar-refractivity contribution in [2.45, 2.75) is 38.2 Å². The molecule has 2 unspecified atom stereocenters. The first-order valence-electron chi connectivity index (χ1n) is 7.58. The molecule has 0 bridgehead atoms. The van der Waals surface area contributed by atoms with Crippen LogP contribution >= 0.6 is 0 Å². The van der Waals surface area contributed by atoms with Crippen molar-refractivity contribution in [3.63, 3.8) is 0 Å². The zero-order valence-corrected chi connectivity index (χ0v) is 12.7. The van der Waals surface area contributed by atoms with Crippen molar-refractivity contribution < 1.29 is 9.84 Å². The van der Waals surface area contributed by atoms with Crippen molar-refractivity contribution in [3.8, 4) is 5.75 Å². The van der Waals surface area contributed by atoms with Gasteiger partial charge in [-0.15, -0.1) is 0 Å². The molecule has 110 valence electrons. The third-order valence-corrected chi connectivity index (χ3v) is 4.51. The summed E-state index contributed by atoms with van der Waals surface area (Å²) in [6.07, 6.45) is 2.39. The molecule has 21 heavy (non-hydrogen) atoms. The number of methoxy groups -OCH3 is 1. The molecule has 2 nitrogen and oxygen atoms in total. The van der Waals surface area contributed by atoms with Gasteiger partial charge < -0.3 is 9.84 Å². The van der Waals surface area contributed by atoms with Crippen LogP contribution in [-0.4, -0.2) is 18.3 Å². The van der Waals surface area contributed by atoms with Gasteiger partial charge in [0.2, 0.25) is 0 Å². The Morgan fingerprint density at radius 3 is 2.86 bits per heavy atom. The van der Waals surface area contributed by atoms with Crippen LogP contribution in [0.3, 0.4) is 0 Å². The number of aliphatic hydroxyl groups is 1. The van der Waals surface area contributed by atoms with Gasteiger partial charge in [-0.2, -0.15) is 0 Å². The zero-order chi connectivity index (χ0) is 14.8. The van der Waals surface area contributed by atoms with E-state index in [4.69, 9.17) is 4.74 Å². The predicted molar refractivity (Wildman–Crippen MR) is 84.9 cm³/mol. The summed E-state index contributed by atoms with van der Waals surface area (Å²) in [7, 11) is 1.69. The number of rotatable bonds is 4. The maximum atomic E-state index is 10.7. The Hall–Kier alpha value is -1.80. The molecule has 0 aliphatic heterocycles. The highest BCUT2D eigenvalue weighted by Gasteiger charge is 2.28. The quantitative estimate of drug-likeness (QED) is 0.927. The standard InChI is InChI=1S/C19H22O2/c1-13-7-10-19(21-2)15(11-13)12-18(20)17-9-8-14-5-3-4-6-16(14)17/h3-7,10-11,17-18,20H,8-9,12H2,1-2H3. The predicted octanol–water partition coefficient (Wildman–Crippen LogP) is 3.64. The highest BCUT2D eigenvalue weighted by atomic mass is 16.5. The van der Waals surface area contributed by atoms with E-state index >= 15 is 0 Å². The van der Waals surface area contributed by atoms with Gasteiger partial charge in [0.1, 0.15) is 5.75 Å². The molecule has 1 aliphatic carbocycles. The second kappa shape index (κ2) is 5.90. The van der Waals surface area contributed by atoms with Crippen LogP contribution in [0.15, 0.2) is 42.5 Å². The van der Waals surface area contributed by atoms with Gasteiger partial charge in [0, 0.05) is 12.3 Å². The molecule has 1 N–H and O–H groups in total. The molecule has 3 rings (SSSR count).